The molecule has 1 amide bonds. The second-order valence-electron chi connectivity index (χ2n) is 5.18. The van der Waals surface area contributed by atoms with Crippen molar-refractivity contribution in [3.05, 3.63) is 35.4 Å². The monoisotopic (exact) mass is 302 g/mol. The second-order valence-corrected chi connectivity index (χ2v) is 5.18. The number of amides is 1. The summed E-state index contributed by atoms with van der Waals surface area (Å²) in [5, 5.41) is 2.74. The van der Waals surface area contributed by atoms with Crippen LogP contribution in [0.2, 0.25) is 0 Å². The molecule has 0 unspecified atom stereocenters. The van der Waals surface area contributed by atoms with E-state index in [0.29, 0.717) is 6.54 Å². The number of rotatable bonds is 6. The summed E-state index contributed by atoms with van der Waals surface area (Å²) in [4.78, 5) is 13.4. The van der Waals surface area contributed by atoms with E-state index in [-0.39, 0.29) is 30.6 Å². The third-order valence-electron chi connectivity index (χ3n) is 2.98. The quantitative estimate of drug-likeness (QED) is 0.876. The van der Waals surface area contributed by atoms with Gasteiger partial charge in [0.25, 0.3) is 0 Å². The lowest BCUT2D eigenvalue weighted by Crippen LogP contribution is -2.40. The van der Waals surface area contributed by atoms with Crippen LogP contribution >= 0.6 is 0 Å². The highest BCUT2D eigenvalue weighted by Crippen LogP contribution is 2.32. The van der Waals surface area contributed by atoms with Gasteiger partial charge in [0.05, 0.1) is 12.1 Å². The number of nitrogens with zero attached hydrogens (tertiary/aromatic N) is 1. The van der Waals surface area contributed by atoms with E-state index in [1.165, 1.54) is 12.1 Å². The van der Waals surface area contributed by atoms with Crippen LogP contribution in [0.1, 0.15) is 31.9 Å². The van der Waals surface area contributed by atoms with Crippen molar-refractivity contribution < 1.29 is 18.0 Å². The highest BCUT2D eigenvalue weighted by atomic mass is 19.4. The number of nitrogens with one attached hydrogen (secondary N) is 1. The average Bonchev–Trinajstić information content (AvgIpc) is 2.36. The Balaban J connectivity index is 2.81. The van der Waals surface area contributed by atoms with Crippen molar-refractivity contribution in [3.8, 4) is 0 Å². The standard InChI is InChI=1S/C15H21F3N2O/c1-4-20(10-14(21)19-11(2)3)9-12-7-5-6-8-13(12)15(16,17)18/h5-8,11H,4,9-10H2,1-3H3,(H,19,21). The smallest absolute Gasteiger partial charge is 0.353 e. The third-order valence-corrected chi connectivity index (χ3v) is 2.98. The molecule has 3 nitrogen and oxygen atoms in total. The topological polar surface area (TPSA) is 32.3 Å². The van der Waals surface area contributed by atoms with Crippen LogP contribution in [-0.2, 0) is 17.5 Å². The van der Waals surface area contributed by atoms with E-state index in [0.717, 1.165) is 6.07 Å². The number of alkyl halides is 3. The Kier molecular flexibility index (Phi) is 6.20. The Morgan fingerprint density at radius 2 is 1.90 bits per heavy atom. The van der Waals surface area contributed by atoms with Gasteiger partial charge >= 0.3 is 6.18 Å². The van der Waals surface area contributed by atoms with E-state index in [4.69, 9.17) is 0 Å². The maximum absolute atomic E-state index is 12.9. The van der Waals surface area contributed by atoms with Crippen molar-refractivity contribution in [1.29, 1.82) is 0 Å². The van der Waals surface area contributed by atoms with Crippen LogP contribution in [0.3, 0.4) is 0 Å². The SMILES string of the molecule is CCN(CC(=O)NC(C)C)Cc1ccccc1C(F)(F)F. The molecule has 1 N–H and O–H groups in total. The molecule has 1 rings (SSSR count). The number of hydrogen-bond donors (Lipinski definition) is 1. The Bertz CT molecular complexity index is 472. The molecule has 0 saturated carbocycles. The summed E-state index contributed by atoms with van der Waals surface area (Å²) in [6.45, 7) is 6.18. The fourth-order valence-electron chi connectivity index (χ4n) is 2.03. The van der Waals surface area contributed by atoms with Gasteiger partial charge in [-0.3, -0.25) is 9.69 Å². The first kappa shape index (κ1) is 17.5. The van der Waals surface area contributed by atoms with E-state index in [2.05, 4.69) is 5.32 Å². The predicted octanol–water partition coefficient (Wildman–Crippen LogP) is 3.05. The van der Waals surface area contributed by atoms with Gasteiger partial charge in [0.15, 0.2) is 0 Å². The fourth-order valence-corrected chi connectivity index (χ4v) is 2.03. The van der Waals surface area contributed by atoms with Crippen molar-refractivity contribution in [1.82, 2.24) is 10.2 Å². The number of halogens is 3. The Labute approximate surface area is 123 Å². The summed E-state index contributed by atoms with van der Waals surface area (Å²) in [7, 11) is 0. The number of carbonyl (C=O) groups excluding carboxylic acids is 1. The lowest BCUT2D eigenvalue weighted by Gasteiger charge is -2.22. The normalized spacial score (nSPS) is 12.0. The van der Waals surface area contributed by atoms with Crippen molar-refractivity contribution in [2.45, 2.75) is 39.5 Å². The fraction of sp³-hybridized carbons (Fsp3) is 0.533. The van der Waals surface area contributed by atoms with E-state index in [1.54, 1.807) is 11.0 Å². The molecule has 0 spiro atoms. The molecule has 0 fully saturated rings. The second kappa shape index (κ2) is 7.45. The first-order valence-electron chi connectivity index (χ1n) is 6.90. The zero-order valence-electron chi connectivity index (χ0n) is 12.5. The number of likely N-dealkylation sites (N-methyl/N-ethyl adjacent to an activating group) is 1. The van der Waals surface area contributed by atoms with E-state index < -0.39 is 11.7 Å². The van der Waals surface area contributed by atoms with Gasteiger partial charge in [0.2, 0.25) is 5.91 Å². The Morgan fingerprint density at radius 1 is 1.29 bits per heavy atom. The highest BCUT2D eigenvalue weighted by Gasteiger charge is 2.33. The van der Waals surface area contributed by atoms with Crippen LogP contribution in [-0.4, -0.2) is 29.9 Å². The summed E-state index contributed by atoms with van der Waals surface area (Å²) in [5.41, 5.74) is -0.461. The highest BCUT2D eigenvalue weighted by molar-refractivity contribution is 5.78. The zero-order chi connectivity index (χ0) is 16.0. The molecule has 0 saturated heterocycles. The van der Waals surface area contributed by atoms with Crippen LogP contribution in [0.15, 0.2) is 24.3 Å². The van der Waals surface area contributed by atoms with Crippen LogP contribution < -0.4 is 5.32 Å². The van der Waals surface area contributed by atoms with Gasteiger partial charge in [-0.25, -0.2) is 0 Å². The molecule has 6 heteroatoms. The van der Waals surface area contributed by atoms with Crippen LogP contribution in [0.4, 0.5) is 13.2 Å². The molecule has 0 bridgehead atoms. The minimum Gasteiger partial charge on any atom is -0.353 e. The van der Waals surface area contributed by atoms with Crippen molar-refractivity contribution in [2.24, 2.45) is 0 Å². The summed E-state index contributed by atoms with van der Waals surface area (Å²) in [6, 6.07) is 5.47. The van der Waals surface area contributed by atoms with Gasteiger partial charge < -0.3 is 5.32 Å². The van der Waals surface area contributed by atoms with E-state index >= 15 is 0 Å². The summed E-state index contributed by atoms with van der Waals surface area (Å²) in [5.74, 6) is -0.184. The number of hydrogen-bond acceptors (Lipinski definition) is 2. The minimum absolute atomic E-state index is 0.0127. The lowest BCUT2D eigenvalue weighted by molar-refractivity contribution is -0.138. The molecule has 0 aliphatic heterocycles. The average molecular weight is 302 g/mol. The minimum atomic E-state index is -4.38. The third kappa shape index (κ3) is 5.75. The van der Waals surface area contributed by atoms with Gasteiger partial charge in [-0.15, -0.1) is 0 Å². The van der Waals surface area contributed by atoms with Crippen molar-refractivity contribution in [3.63, 3.8) is 0 Å². The van der Waals surface area contributed by atoms with Gasteiger partial charge in [-0.1, -0.05) is 25.1 Å². The maximum Gasteiger partial charge on any atom is 0.416 e. The van der Waals surface area contributed by atoms with Gasteiger partial charge in [0, 0.05) is 12.6 Å². The molecular weight excluding hydrogens is 281 g/mol. The molecular formula is C15H21F3N2O. The summed E-state index contributed by atoms with van der Waals surface area (Å²) in [6.07, 6.45) is -4.38. The molecule has 118 valence electrons. The van der Waals surface area contributed by atoms with Crippen molar-refractivity contribution in [2.75, 3.05) is 13.1 Å². The van der Waals surface area contributed by atoms with Gasteiger partial charge in [-0.2, -0.15) is 13.2 Å². The van der Waals surface area contributed by atoms with E-state index in [1.807, 2.05) is 20.8 Å². The lowest BCUT2D eigenvalue weighted by atomic mass is 10.1. The molecule has 0 aromatic heterocycles. The zero-order valence-corrected chi connectivity index (χ0v) is 12.5. The number of benzene rings is 1. The first-order valence-corrected chi connectivity index (χ1v) is 6.90. The summed E-state index contributed by atoms with van der Waals surface area (Å²) < 4.78 is 38.8. The van der Waals surface area contributed by atoms with Gasteiger partial charge in [0.1, 0.15) is 0 Å². The summed E-state index contributed by atoms with van der Waals surface area (Å²) >= 11 is 0. The van der Waals surface area contributed by atoms with E-state index in [9.17, 15) is 18.0 Å². The Morgan fingerprint density at radius 3 is 2.43 bits per heavy atom. The molecule has 0 heterocycles. The van der Waals surface area contributed by atoms with Crippen molar-refractivity contribution >= 4 is 5.91 Å². The largest absolute Gasteiger partial charge is 0.416 e. The first-order chi connectivity index (χ1) is 9.74. The number of carbonyl (C=O) groups is 1. The Hall–Kier alpha value is -1.56. The maximum atomic E-state index is 12.9. The molecule has 0 atom stereocenters. The molecule has 0 radical (unpaired) electrons. The molecule has 0 aliphatic rings. The van der Waals surface area contributed by atoms with Crippen LogP contribution in [0.25, 0.3) is 0 Å². The predicted molar refractivity (Wildman–Crippen MR) is 75.7 cm³/mol. The van der Waals surface area contributed by atoms with Crippen LogP contribution in [0.5, 0.6) is 0 Å². The molecule has 0 aliphatic carbocycles. The molecule has 1 aromatic rings. The van der Waals surface area contributed by atoms with Gasteiger partial charge in [-0.05, 0) is 32.0 Å². The van der Waals surface area contributed by atoms with Crippen LogP contribution in [0, 0.1) is 0 Å². The molecule has 21 heavy (non-hydrogen) atoms. The molecule has 1 aromatic carbocycles.